The second-order valence-corrected chi connectivity index (χ2v) is 9.03. The molecule has 1 spiro atoms. The van der Waals surface area contributed by atoms with Crippen molar-refractivity contribution in [3.8, 4) is 0 Å². The third kappa shape index (κ3) is 3.47. The summed E-state index contributed by atoms with van der Waals surface area (Å²) in [6, 6.07) is 3.24. The van der Waals surface area contributed by atoms with E-state index in [1.54, 1.807) is 17.0 Å². The predicted octanol–water partition coefficient (Wildman–Crippen LogP) is 3.34. The normalized spacial score (nSPS) is 20.9. The van der Waals surface area contributed by atoms with Gasteiger partial charge in [0.1, 0.15) is 11.9 Å². The van der Waals surface area contributed by atoms with E-state index in [1.807, 2.05) is 4.90 Å². The topological polar surface area (TPSA) is 94.9 Å². The molecule has 8 nitrogen and oxygen atoms in total. The van der Waals surface area contributed by atoms with Crippen molar-refractivity contribution >= 4 is 46.5 Å². The van der Waals surface area contributed by atoms with E-state index in [1.165, 1.54) is 0 Å². The van der Waals surface area contributed by atoms with Crippen molar-refractivity contribution in [2.45, 2.75) is 37.6 Å². The van der Waals surface area contributed by atoms with Crippen molar-refractivity contribution in [2.24, 2.45) is 0 Å². The lowest BCUT2D eigenvalue weighted by Crippen LogP contribution is -2.52. The van der Waals surface area contributed by atoms with E-state index in [4.69, 9.17) is 16.0 Å². The lowest BCUT2D eigenvalue weighted by Gasteiger charge is -2.42. The molecule has 3 amide bonds. The molecule has 3 heterocycles. The Morgan fingerprint density at radius 1 is 1.16 bits per heavy atom. The molecule has 1 saturated heterocycles. The van der Waals surface area contributed by atoms with Crippen molar-refractivity contribution in [1.29, 1.82) is 0 Å². The maximum absolute atomic E-state index is 13.1. The molecular weight excluding hydrogens is 420 g/mol. The Labute approximate surface area is 184 Å². The first-order valence-electron chi connectivity index (χ1n) is 10.8. The molecule has 2 aliphatic heterocycles. The molecule has 0 bridgehead atoms. The number of rotatable bonds is 3. The highest BCUT2D eigenvalue weighted by Crippen LogP contribution is 2.49. The number of halogens is 1. The molecule has 1 aromatic heterocycles. The van der Waals surface area contributed by atoms with E-state index >= 15 is 0 Å². The standard InChI is InChI=1S/C22H25ClN4O4/c23-15-12-14-13-16(20(29)27-8-6-26(7-9-27)10-11-28)31-19(14)17-18(15)24-21(30)25-22(17)4-2-1-3-5-22/h11-13H,1-10H2,(H2,24,25,30). The molecule has 164 valence electrons. The SMILES string of the molecule is O=CCN1CCN(C(=O)c2cc3cc(Cl)c4c(c3o2)C2(CCCCC2)NC(=O)N4)CC1. The Morgan fingerprint density at radius 3 is 2.61 bits per heavy atom. The number of piperazine rings is 1. The number of hydrogen-bond acceptors (Lipinski definition) is 5. The summed E-state index contributed by atoms with van der Waals surface area (Å²) in [6.45, 7) is 2.79. The molecule has 2 aromatic rings. The van der Waals surface area contributed by atoms with E-state index < -0.39 is 5.54 Å². The van der Waals surface area contributed by atoms with E-state index in [0.29, 0.717) is 49.0 Å². The fraction of sp³-hybridized carbons (Fsp3) is 0.500. The summed E-state index contributed by atoms with van der Waals surface area (Å²) in [4.78, 5) is 40.0. The number of fused-ring (bicyclic) bond motifs is 4. The first-order chi connectivity index (χ1) is 15.0. The zero-order valence-electron chi connectivity index (χ0n) is 17.2. The van der Waals surface area contributed by atoms with Gasteiger partial charge in [-0.1, -0.05) is 30.9 Å². The van der Waals surface area contributed by atoms with Gasteiger partial charge in [0, 0.05) is 37.1 Å². The van der Waals surface area contributed by atoms with Gasteiger partial charge in [-0.2, -0.15) is 0 Å². The Hall–Kier alpha value is -2.58. The second-order valence-electron chi connectivity index (χ2n) is 8.62. The summed E-state index contributed by atoms with van der Waals surface area (Å²) in [5, 5.41) is 7.17. The summed E-state index contributed by atoms with van der Waals surface area (Å²) in [5.74, 6) is 0.100. The molecule has 0 atom stereocenters. The van der Waals surface area contributed by atoms with E-state index in [0.717, 1.165) is 49.3 Å². The van der Waals surface area contributed by atoms with Gasteiger partial charge >= 0.3 is 6.03 Å². The Kier molecular flexibility index (Phi) is 5.14. The number of benzene rings is 1. The summed E-state index contributed by atoms with van der Waals surface area (Å²) in [7, 11) is 0. The summed E-state index contributed by atoms with van der Waals surface area (Å²) < 4.78 is 6.16. The van der Waals surface area contributed by atoms with E-state index in [2.05, 4.69) is 10.6 Å². The molecule has 1 aliphatic carbocycles. The van der Waals surface area contributed by atoms with Crippen molar-refractivity contribution in [2.75, 3.05) is 38.0 Å². The highest BCUT2D eigenvalue weighted by Gasteiger charge is 2.44. The Bertz CT molecular complexity index is 1050. The molecule has 9 heteroatoms. The molecule has 31 heavy (non-hydrogen) atoms. The number of furan rings is 1. The van der Waals surface area contributed by atoms with Crippen LogP contribution in [-0.4, -0.2) is 60.7 Å². The van der Waals surface area contributed by atoms with Crippen molar-refractivity contribution < 1.29 is 18.8 Å². The fourth-order valence-electron chi connectivity index (χ4n) is 5.18. The molecule has 1 aromatic carbocycles. The summed E-state index contributed by atoms with van der Waals surface area (Å²) in [6.07, 6.45) is 5.65. The van der Waals surface area contributed by atoms with Gasteiger partial charge in [0.15, 0.2) is 5.76 Å². The largest absolute Gasteiger partial charge is 0.450 e. The predicted molar refractivity (Wildman–Crippen MR) is 117 cm³/mol. The number of urea groups is 1. The van der Waals surface area contributed by atoms with Crippen LogP contribution in [0.2, 0.25) is 5.02 Å². The highest BCUT2D eigenvalue weighted by atomic mass is 35.5. The van der Waals surface area contributed by atoms with Crippen LogP contribution in [0.1, 0.15) is 48.2 Å². The van der Waals surface area contributed by atoms with Crippen molar-refractivity contribution in [1.82, 2.24) is 15.1 Å². The van der Waals surface area contributed by atoms with Crippen LogP contribution in [0.5, 0.6) is 0 Å². The number of nitrogens with one attached hydrogen (secondary N) is 2. The van der Waals surface area contributed by atoms with Gasteiger partial charge in [-0.3, -0.25) is 9.69 Å². The Balaban J connectivity index is 1.52. The maximum atomic E-state index is 13.1. The number of carbonyl (C=O) groups is 3. The van der Waals surface area contributed by atoms with Gasteiger partial charge < -0.3 is 24.7 Å². The number of amides is 3. The third-order valence-electron chi connectivity index (χ3n) is 6.74. The van der Waals surface area contributed by atoms with Crippen LogP contribution in [0.25, 0.3) is 11.0 Å². The Morgan fingerprint density at radius 2 is 1.90 bits per heavy atom. The van der Waals surface area contributed by atoms with E-state index in [-0.39, 0.29) is 17.7 Å². The molecule has 0 radical (unpaired) electrons. The van der Waals surface area contributed by atoms with Crippen LogP contribution in [-0.2, 0) is 10.3 Å². The molecule has 2 N–H and O–H groups in total. The molecular formula is C22H25ClN4O4. The average molecular weight is 445 g/mol. The van der Waals surface area contributed by atoms with E-state index in [9.17, 15) is 14.4 Å². The van der Waals surface area contributed by atoms with Gasteiger partial charge in [0.25, 0.3) is 5.91 Å². The monoisotopic (exact) mass is 444 g/mol. The number of aldehydes is 1. The lowest BCUT2D eigenvalue weighted by molar-refractivity contribution is -0.109. The second kappa shape index (κ2) is 7.84. The highest BCUT2D eigenvalue weighted by molar-refractivity contribution is 6.35. The minimum absolute atomic E-state index is 0.169. The first kappa shape index (κ1) is 20.3. The van der Waals surface area contributed by atoms with Crippen LogP contribution in [0.3, 0.4) is 0 Å². The molecule has 1 saturated carbocycles. The van der Waals surface area contributed by atoms with Gasteiger partial charge in [-0.05, 0) is 25.0 Å². The first-order valence-corrected chi connectivity index (χ1v) is 11.2. The molecule has 0 unspecified atom stereocenters. The average Bonchev–Trinajstić information content (AvgIpc) is 3.18. The van der Waals surface area contributed by atoms with Gasteiger partial charge in [-0.15, -0.1) is 0 Å². The van der Waals surface area contributed by atoms with Gasteiger partial charge in [0.2, 0.25) is 0 Å². The van der Waals surface area contributed by atoms with Gasteiger partial charge in [-0.25, -0.2) is 4.79 Å². The number of anilines is 1. The minimum Gasteiger partial charge on any atom is -0.450 e. The molecule has 2 fully saturated rings. The van der Waals surface area contributed by atoms with Crippen LogP contribution in [0, 0.1) is 0 Å². The third-order valence-corrected chi connectivity index (χ3v) is 7.04. The number of nitrogens with zero attached hydrogens (tertiary/aromatic N) is 2. The van der Waals surface area contributed by atoms with Crippen LogP contribution >= 0.6 is 11.6 Å². The van der Waals surface area contributed by atoms with Crippen LogP contribution in [0.4, 0.5) is 10.5 Å². The molecule has 5 rings (SSSR count). The maximum Gasteiger partial charge on any atom is 0.319 e. The van der Waals surface area contributed by atoms with Crippen LogP contribution < -0.4 is 10.6 Å². The fourth-order valence-corrected chi connectivity index (χ4v) is 5.44. The van der Waals surface area contributed by atoms with Crippen molar-refractivity contribution in [3.05, 3.63) is 28.5 Å². The minimum atomic E-state index is -0.530. The molecule has 3 aliphatic rings. The zero-order valence-corrected chi connectivity index (χ0v) is 18.0. The number of hydrogen-bond donors (Lipinski definition) is 2. The summed E-state index contributed by atoms with van der Waals surface area (Å²) in [5.41, 5.74) is 1.51. The van der Waals surface area contributed by atoms with Gasteiger partial charge in [0.05, 0.1) is 22.8 Å². The number of carbonyl (C=O) groups excluding carboxylic acids is 3. The lowest BCUT2D eigenvalue weighted by atomic mass is 9.74. The zero-order chi connectivity index (χ0) is 21.6. The quantitative estimate of drug-likeness (QED) is 0.708. The van der Waals surface area contributed by atoms with Crippen molar-refractivity contribution in [3.63, 3.8) is 0 Å². The van der Waals surface area contributed by atoms with Crippen LogP contribution in [0.15, 0.2) is 16.5 Å². The summed E-state index contributed by atoms with van der Waals surface area (Å²) >= 11 is 6.56. The smallest absolute Gasteiger partial charge is 0.319 e.